The van der Waals surface area contributed by atoms with Crippen molar-refractivity contribution in [3.8, 4) is 5.75 Å². The zero-order valence-electron chi connectivity index (χ0n) is 13.6. The number of anilines is 1. The highest BCUT2D eigenvalue weighted by Gasteiger charge is 2.19. The van der Waals surface area contributed by atoms with E-state index >= 15 is 0 Å². The lowest BCUT2D eigenvalue weighted by Crippen LogP contribution is -2.30. The molecule has 0 aliphatic heterocycles. The van der Waals surface area contributed by atoms with Crippen molar-refractivity contribution in [3.63, 3.8) is 0 Å². The van der Waals surface area contributed by atoms with Crippen molar-refractivity contribution in [2.24, 2.45) is 0 Å². The first-order valence-corrected chi connectivity index (χ1v) is 8.09. The minimum Gasteiger partial charge on any atom is -0.497 e. The fraction of sp³-hybridized carbons (Fsp3) is 0.235. The predicted octanol–water partition coefficient (Wildman–Crippen LogP) is 3.51. The number of methoxy groups -OCH3 is 1. The predicted molar refractivity (Wildman–Crippen MR) is 95.1 cm³/mol. The van der Waals surface area contributed by atoms with Crippen LogP contribution in [0.15, 0.2) is 36.5 Å². The smallest absolute Gasteiger partial charge is 0.311 e. The number of ether oxygens (including phenoxy) is 2. The summed E-state index contributed by atoms with van der Waals surface area (Å²) in [4.78, 5) is 28.0. The number of carbonyl (C=O) groups is 2. The Labute approximate surface area is 155 Å². The first-order chi connectivity index (χ1) is 11.9. The highest BCUT2D eigenvalue weighted by atomic mass is 35.5. The van der Waals surface area contributed by atoms with E-state index in [0.29, 0.717) is 10.8 Å². The number of esters is 1. The van der Waals surface area contributed by atoms with Crippen LogP contribution in [0.4, 0.5) is 5.82 Å². The zero-order valence-corrected chi connectivity index (χ0v) is 15.1. The molecule has 2 rings (SSSR count). The lowest BCUT2D eigenvalue weighted by Gasteiger charge is -2.14. The van der Waals surface area contributed by atoms with Gasteiger partial charge in [0.15, 0.2) is 11.9 Å². The van der Waals surface area contributed by atoms with Crippen LogP contribution in [0.5, 0.6) is 5.75 Å². The monoisotopic (exact) mass is 382 g/mol. The molecule has 1 atom stereocenters. The van der Waals surface area contributed by atoms with E-state index < -0.39 is 18.0 Å². The maximum Gasteiger partial charge on any atom is 0.311 e. The normalized spacial score (nSPS) is 11.5. The van der Waals surface area contributed by atoms with Gasteiger partial charge in [0.1, 0.15) is 5.75 Å². The number of hydrogen-bond donors (Lipinski definition) is 1. The number of pyridine rings is 1. The van der Waals surface area contributed by atoms with Crippen molar-refractivity contribution >= 4 is 40.9 Å². The van der Waals surface area contributed by atoms with E-state index in [1.807, 2.05) is 0 Å². The van der Waals surface area contributed by atoms with E-state index in [1.165, 1.54) is 19.2 Å². The molecule has 0 aliphatic rings. The number of aromatic nitrogens is 1. The first kappa shape index (κ1) is 19.0. The Bertz CT molecular complexity index is 766. The quantitative estimate of drug-likeness (QED) is 0.773. The standard InChI is InChI=1S/C17H16Cl2N2O4/c1-10(17(23)21-16-14(19)8-12(18)9-20-16)25-15(22)7-11-3-5-13(24-2)6-4-11/h3-6,8-10H,7H2,1-2H3,(H,20,21,23)/t10-/m0/s1. The number of halogens is 2. The van der Waals surface area contributed by atoms with Crippen molar-refractivity contribution in [2.75, 3.05) is 12.4 Å². The van der Waals surface area contributed by atoms with Crippen molar-refractivity contribution in [1.82, 2.24) is 4.98 Å². The molecule has 0 fully saturated rings. The third-order valence-corrected chi connectivity index (χ3v) is 3.73. The molecule has 6 nitrogen and oxygen atoms in total. The van der Waals surface area contributed by atoms with Gasteiger partial charge >= 0.3 is 5.97 Å². The van der Waals surface area contributed by atoms with Crippen LogP contribution in [0.1, 0.15) is 12.5 Å². The van der Waals surface area contributed by atoms with Crippen molar-refractivity contribution in [2.45, 2.75) is 19.4 Å². The van der Waals surface area contributed by atoms with Gasteiger partial charge in [-0.1, -0.05) is 35.3 Å². The lowest BCUT2D eigenvalue weighted by molar-refractivity contribution is -0.152. The van der Waals surface area contributed by atoms with Crippen LogP contribution in [0.25, 0.3) is 0 Å². The van der Waals surface area contributed by atoms with Gasteiger partial charge in [-0.05, 0) is 30.7 Å². The third-order valence-electron chi connectivity index (χ3n) is 3.23. The second-order valence-corrected chi connectivity index (χ2v) is 5.97. The summed E-state index contributed by atoms with van der Waals surface area (Å²) in [5.41, 5.74) is 0.751. The van der Waals surface area contributed by atoms with Gasteiger partial charge in [-0.25, -0.2) is 4.98 Å². The number of amides is 1. The summed E-state index contributed by atoms with van der Waals surface area (Å²) in [6, 6.07) is 8.44. The molecule has 1 amide bonds. The molecule has 0 spiro atoms. The Morgan fingerprint density at radius 1 is 1.24 bits per heavy atom. The Kier molecular flexibility index (Phi) is 6.61. The molecule has 132 valence electrons. The average Bonchev–Trinajstić information content (AvgIpc) is 2.57. The van der Waals surface area contributed by atoms with Crippen LogP contribution in [0, 0.1) is 0 Å². The fourth-order valence-corrected chi connectivity index (χ4v) is 2.35. The van der Waals surface area contributed by atoms with Crippen LogP contribution in [0.3, 0.4) is 0 Å². The minimum absolute atomic E-state index is 0.0432. The van der Waals surface area contributed by atoms with Gasteiger partial charge in [0.25, 0.3) is 5.91 Å². The zero-order chi connectivity index (χ0) is 18.4. The van der Waals surface area contributed by atoms with E-state index in [4.69, 9.17) is 32.7 Å². The summed E-state index contributed by atoms with van der Waals surface area (Å²) in [5.74, 6) is -0.228. The summed E-state index contributed by atoms with van der Waals surface area (Å²) >= 11 is 11.7. The van der Waals surface area contributed by atoms with Crippen molar-refractivity contribution in [3.05, 3.63) is 52.1 Å². The van der Waals surface area contributed by atoms with Gasteiger partial charge < -0.3 is 14.8 Å². The minimum atomic E-state index is -1.00. The van der Waals surface area contributed by atoms with E-state index in [1.54, 1.807) is 31.4 Å². The summed E-state index contributed by atoms with van der Waals surface area (Å²) in [7, 11) is 1.56. The Balaban J connectivity index is 1.89. The molecule has 2 aromatic rings. The summed E-state index contributed by atoms with van der Waals surface area (Å²) in [6.45, 7) is 1.46. The Morgan fingerprint density at radius 2 is 1.92 bits per heavy atom. The summed E-state index contributed by atoms with van der Waals surface area (Å²) in [5, 5.41) is 3.03. The van der Waals surface area contributed by atoms with Gasteiger partial charge in [-0.3, -0.25) is 9.59 Å². The van der Waals surface area contributed by atoms with Crippen molar-refractivity contribution < 1.29 is 19.1 Å². The van der Waals surface area contributed by atoms with E-state index in [9.17, 15) is 9.59 Å². The number of benzene rings is 1. The number of carbonyl (C=O) groups excluding carboxylic acids is 2. The van der Waals surface area contributed by atoms with E-state index in [-0.39, 0.29) is 17.3 Å². The van der Waals surface area contributed by atoms with Crippen LogP contribution in [0.2, 0.25) is 10.0 Å². The molecule has 1 aromatic heterocycles. The molecule has 0 saturated heterocycles. The van der Waals surface area contributed by atoms with Crippen molar-refractivity contribution in [1.29, 1.82) is 0 Å². The number of hydrogen-bond acceptors (Lipinski definition) is 5. The van der Waals surface area contributed by atoms with E-state index in [0.717, 1.165) is 5.56 Å². The number of nitrogens with zero attached hydrogens (tertiary/aromatic N) is 1. The molecule has 0 unspecified atom stereocenters. The molecular weight excluding hydrogens is 367 g/mol. The van der Waals surface area contributed by atoms with E-state index in [2.05, 4.69) is 10.3 Å². The third kappa shape index (κ3) is 5.62. The second kappa shape index (κ2) is 8.69. The molecule has 0 aliphatic carbocycles. The second-order valence-electron chi connectivity index (χ2n) is 5.13. The maximum atomic E-state index is 12.1. The molecule has 0 radical (unpaired) electrons. The number of nitrogens with one attached hydrogen (secondary N) is 1. The summed E-state index contributed by atoms with van der Waals surface area (Å²) < 4.78 is 10.2. The molecule has 1 N–H and O–H groups in total. The maximum absolute atomic E-state index is 12.1. The SMILES string of the molecule is COc1ccc(CC(=O)O[C@@H](C)C(=O)Nc2ncc(Cl)cc2Cl)cc1. The largest absolute Gasteiger partial charge is 0.497 e. The molecule has 0 bridgehead atoms. The summed E-state index contributed by atoms with van der Waals surface area (Å²) in [6.07, 6.45) is 0.393. The molecule has 1 heterocycles. The van der Waals surface area contributed by atoms with Gasteiger partial charge in [0.2, 0.25) is 0 Å². The van der Waals surface area contributed by atoms with Crippen LogP contribution >= 0.6 is 23.2 Å². The van der Waals surface area contributed by atoms with Gasteiger partial charge in [0.05, 0.1) is 23.6 Å². The average molecular weight is 383 g/mol. The Hall–Kier alpha value is -2.31. The van der Waals surface area contributed by atoms with Crippen LogP contribution < -0.4 is 10.1 Å². The molecule has 8 heteroatoms. The molecular formula is C17H16Cl2N2O4. The molecule has 25 heavy (non-hydrogen) atoms. The topological polar surface area (TPSA) is 77.5 Å². The fourth-order valence-electron chi connectivity index (χ4n) is 1.93. The van der Waals surface area contributed by atoms with Crippen LogP contribution in [-0.2, 0) is 20.7 Å². The van der Waals surface area contributed by atoms with Gasteiger partial charge in [0, 0.05) is 6.20 Å². The highest BCUT2D eigenvalue weighted by molar-refractivity contribution is 6.36. The molecule has 1 aromatic carbocycles. The highest BCUT2D eigenvalue weighted by Crippen LogP contribution is 2.22. The van der Waals surface area contributed by atoms with Gasteiger partial charge in [-0.2, -0.15) is 0 Å². The van der Waals surface area contributed by atoms with Crippen LogP contribution in [-0.4, -0.2) is 30.1 Å². The number of rotatable bonds is 6. The lowest BCUT2D eigenvalue weighted by atomic mass is 10.1. The Morgan fingerprint density at radius 3 is 2.52 bits per heavy atom. The molecule has 0 saturated carbocycles. The first-order valence-electron chi connectivity index (χ1n) is 7.33. The van der Waals surface area contributed by atoms with Gasteiger partial charge in [-0.15, -0.1) is 0 Å².